The Bertz CT molecular complexity index is 1170. The second-order valence-corrected chi connectivity index (χ2v) is 9.22. The minimum atomic E-state index is -1.10. The molecule has 0 heterocycles. The second kappa shape index (κ2) is 10.5. The van der Waals surface area contributed by atoms with Gasteiger partial charge in [0, 0.05) is 10.9 Å². The van der Waals surface area contributed by atoms with Crippen LogP contribution in [0.15, 0.2) is 127 Å². The Morgan fingerprint density at radius 3 is 1.44 bits per heavy atom. The lowest BCUT2D eigenvalue weighted by Gasteiger charge is -2.24. The minimum Gasteiger partial charge on any atom is -0.319 e. The molecule has 0 spiro atoms. The van der Waals surface area contributed by atoms with Gasteiger partial charge in [-0.15, -0.1) is 0 Å². The molecule has 0 atom stereocenters. The molecule has 156 valence electrons. The van der Waals surface area contributed by atoms with E-state index in [1.807, 2.05) is 72.8 Å². The van der Waals surface area contributed by atoms with Gasteiger partial charge in [-0.25, -0.2) is 0 Å². The van der Waals surface area contributed by atoms with Crippen LogP contribution in [0.5, 0.6) is 0 Å². The van der Waals surface area contributed by atoms with Crippen LogP contribution in [0.1, 0.15) is 15.9 Å². The largest absolute Gasteiger partial charge is 0.319 e. The molecule has 0 fully saturated rings. The first-order valence-electron chi connectivity index (χ1n) is 10.3. The van der Waals surface area contributed by atoms with Crippen LogP contribution in [-0.2, 0) is 4.79 Å². The molecule has 0 saturated carbocycles. The first-order valence-corrected chi connectivity index (χ1v) is 11.6. The lowest BCUT2D eigenvalue weighted by atomic mass is 10.1. The number of rotatable bonds is 7. The van der Waals surface area contributed by atoms with Crippen LogP contribution >= 0.6 is 7.92 Å². The third kappa shape index (κ3) is 4.91. The highest BCUT2D eigenvalue weighted by Gasteiger charge is 2.25. The Morgan fingerprint density at radius 2 is 1.00 bits per heavy atom. The standard InChI is InChI=1S/C28H22NO2P/c30-21-26(29-28(31)23-15-7-2-8-16-23)27(22-13-5-1-6-14-22)32(24-17-9-3-10-18-24)25-19-11-4-12-20-25/h1-21H,(H,29,31)/b27-26-. The molecular formula is C28H22NO2P. The Kier molecular flexibility index (Phi) is 7.01. The van der Waals surface area contributed by atoms with Gasteiger partial charge in [0.1, 0.15) is 0 Å². The van der Waals surface area contributed by atoms with Gasteiger partial charge < -0.3 is 5.32 Å². The summed E-state index contributed by atoms with van der Waals surface area (Å²) in [4.78, 5) is 25.3. The summed E-state index contributed by atoms with van der Waals surface area (Å²) in [6, 6.07) is 39.0. The van der Waals surface area contributed by atoms with Crippen molar-refractivity contribution in [3.8, 4) is 0 Å². The van der Waals surface area contributed by atoms with Gasteiger partial charge in [0.2, 0.25) is 0 Å². The van der Waals surface area contributed by atoms with Crippen molar-refractivity contribution in [1.82, 2.24) is 5.32 Å². The van der Waals surface area contributed by atoms with Crippen molar-refractivity contribution in [3.05, 3.63) is 138 Å². The molecule has 0 aliphatic rings. The Morgan fingerprint density at radius 1 is 0.594 bits per heavy atom. The summed E-state index contributed by atoms with van der Waals surface area (Å²) in [6.07, 6.45) is 0.754. The molecule has 32 heavy (non-hydrogen) atoms. The van der Waals surface area contributed by atoms with Gasteiger partial charge in [0.05, 0.1) is 5.70 Å². The quantitative estimate of drug-likeness (QED) is 0.249. The summed E-state index contributed by atoms with van der Waals surface area (Å²) in [5.74, 6) is -0.308. The molecule has 3 nitrogen and oxygen atoms in total. The highest BCUT2D eigenvalue weighted by Crippen LogP contribution is 2.49. The zero-order valence-corrected chi connectivity index (χ0v) is 18.3. The molecule has 0 aliphatic heterocycles. The maximum absolute atomic E-state index is 12.9. The number of amides is 1. The number of nitrogens with one attached hydrogen (secondary N) is 1. The molecule has 1 N–H and O–H groups in total. The maximum atomic E-state index is 12.9. The highest BCUT2D eigenvalue weighted by molar-refractivity contribution is 7.82. The molecule has 0 saturated heterocycles. The van der Waals surface area contributed by atoms with E-state index >= 15 is 0 Å². The SMILES string of the molecule is O=C/C(NC(=O)c1ccccc1)=C(\c1ccccc1)P(c1ccccc1)c1ccccc1. The summed E-state index contributed by atoms with van der Waals surface area (Å²) < 4.78 is 0. The van der Waals surface area contributed by atoms with Crippen molar-refractivity contribution in [2.75, 3.05) is 0 Å². The molecule has 1 amide bonds. The van der Waals surface area contributed by atoms with E-state index < -0.39 is 7.92 Å². The molecule has 4 aromatic rings. The average Bonchev–Trinajstić information content (AvgIpc) is 2.88. The summed E-state index contributed by atoms with van der Waals surface area (Å²) >= 11 is 0. The molecule has 0 aromatic heterocycles. The van der Waals surface area contributed by atoms with Crippen LogP contribution in [0, 0.1) is 0 Å². The smallest absolute Gasteiger partial charge is 0.255 e. The van der Waals surface area contributed by atoms with Gasteiger partial charge in [0.15, 0.2) is 6.29 Å². The number of allylic oxidation sites excluding steroid dienone is 1. The van der Waals surface area contributed by atoms with E-state index in [0.29, 0.717) is 5.56 Å². The number of hydrogen-bond donors (Lipinski definition) is 1. The minimum absolute atomic E-state index is 0.281. The number of aldehydes is 1. The van der Waals surface area contributed by atoms with E-state index in [1.54, 1.807) is 24.3 Å². The van der Waals surface area contributed by atoms with E-state index in [9.17, 15) is 9.59 Å². The highest BCUT2D eigenvalue weighted by atomic mass is 31.1. The van der Waals surface area contributed by atoms with Crippen LogP contribution in [0.3, 0.4) is 0 Å². The van der Waals surface area contributed by atoms with Gasteiger partial charge in [-0.3, -0.25) is 9.59 Å². The van der Waals surface area contributed by atoms with Crippen LogP contribution in [0.4, 0.5) is 0 Å². The third-order valence-electron chi connectivity index (χ3n) is 4.96. The second-order valence-electron chi connectivity index (χ2n) is 7.07. The van der Waals surface area contributed by atoms with Crippen molar-refractivity contribution in [1.29, 1.82) is 0 Å². The van der Waals surface area contributed by atoms with Gasteiger partial charge in [0.25, 0.3) is 5.91 Å². The summed E-state index contributed by atoms with van der Waals surface area (Å²) in [6.45, 7) is 0. The number of carbonyl (C=O) groups excluding carboxylic acids is 2. The lowest BCUT2D eigenvalue weighted by Crippen LogP contribution is -2.26. The third-order valence-corrected chi connectivity index (χ3v) is 7.53. The molecular weight excluding hydrogens is 413 g/mol. The molecule has 4 aromatic carbocycles. The fourth-order valence-corrected chi connectivity index (χ4v) is 6.00. The van der Waals surface area contributed by atoms with Crippen molar-refractivity contribution in [2.24, 2.45) is 0 Å². The topological polar surface area (TPSA) is 46.2 Å². The van der Waals surface area contributed by atoms with Gasteiger partial charge in [-0.2, -0.15) is 0 Å². The van der Waals surface area contributed by atoms with Crippen LogP contribution in [0.2, 0.25) is 0 Å². The van der Waals surface area contributed by atoms with Gasteiger partial charge in [-0.05, 0) is 36.2 Å². The average molecular weight is 435 g/mol. The van der Waals surface area contributed by atoms with Crippen molar-refractivity contribution in [2.45, 2.75) is 0 Å². The monoisotopic (exact) mass is 435 g/mol. The maximum Gasteiger partial charge on any atom is 0.255 e. The van der Waals surface area contributed by atoms with Crippen LogP contribution < -0.4 is 15.9 Å². The number of carbonyl (C=O) groups is 2. The Balaban J connectivity index is 1.92. The van der Waals surface area contributed by atoms with Crippen molar-refractivity contribution < 1.29 is 9.59 Å². The van der Waals surface area contributed by atoms with Gasteiger partial charge >= 0.3 is 0 Å². The number of benzene rings is 4. The predicted octanol–water partition coefficient (Wildman–Crippen LogP) is 5.12. The molecule has 4 heteroatoms. The van der Waals surface area contributed by atoms with Crippen molar-refractivity contribution in [3.63, 3.8) is 0 Å². The van der Waals surface area contributed by atoms with E-state index in [1.165, 1.54) is 0 Å². The summed E-state index contributed by atoms with van der Waals surface area (Å²) in [5, 5.41) is 5.90. The Labute approximate surface area is 189 Å². The predicted molar refractivity (Wildman–Crippen MR) is 132 cm³/mol. The van der Waals surface area contributed by atoms with Crippen LogP contribution in [0.25, 0.3) is 5.31 Å². The van der Waals surface area contributed by atoms with Crippen LogP contribution in [-0.4, -0.2) is 12.2 Å². The lowest BCUT2D eigenvalue weighted by molar-refractivity contribution is -0.105. The molecule has 0 unspecified atom stereocenters. The zero-order chi connectivity index (χ0) is 22.2. The van der Waals surface area contributed by atoms with Gasteiger partial charge in [-0.1, -0.05) is 109 Å². The van der Waals surface area contributed by atoms with E-state index in [4.69, 9.17) is 0 Å². The zero-order valence-electron chi connectivity index (χ0n) is 17.4. The fourth-order valence-electron chi connectivity index (χ4n) is 3.49. The first kappa shape index (κ1) is 21.4. The summed E-state index contributed by atoms with van der Waals surface area (Å²) in [7, 11) is -1.10. The normalized spacial score (nSPS) is 11.5. The molecule has 0 radical (unpaired) electrons. The number of hydrogen-bond acceptors (Lipinski definition) is 2. The molecule has 0 aliphatic carbocycles. The molecule has 0 bridgehead atoms. The molecule has 4 rings (SSSR count). The van der Waals surface area contributed by atoms with Crippen molar-refractivity contribution >= 4 is 36.0 Å². The Hall–Kier alpha value is -3.81. The van der Waals surface area contributed by atoms with E-state index in [2.05, 4.69) is 29.6 Å². The van der Waals surface area contributed by atoms with E-state index in [-0.39, 0.29) is 11.6 Å². The van der Waals surface area contributed by atoms with E-state index in [0.717, 1.165) is 27.8 Å². The fraction of sp³-hybridized carbons (Fsp3) is 0. The first-order chi connectivity index (χ1) is 15.8. The summed E-state index contributed by atoms with van der Waals surface area (Å²) in [5.41, 5.74) is 1.69.